The normalized spacial score (nSPS) is 10.8. The number of thiazole rings is 1. The minimum atomic E-state index is 0.814. The number of nitrogens with two attached hydrogens (primary N) is 1. The van der Waals surface area contributed by atoms with Crippen LogP contribution < -0.4 is 5.73 Å². The first kappa shape index (κ1) is 12.9. The molecular formula is C12H13BrN2S2. The Bertz CT molecular complexity index is 518. The van der Waals surface area contributed by atoms with Crippen molar-refractivity contribution in [1.82, 2.24) is 4.98 Å². The molecule has 0 spiro atoms. The smallest absolute Gasteiger partial charge is 0.103 e. The van der Waals surface area contributed by atoms with E-state index >= 15 is 0 Å². The molecule has 90 valence electrons. The molecule has 17 heavy (non-hydrogen) atoms. The van der Waals surface area contributed by atoms with E-state index in [0.717, 1.165) is 31.5 Å². The maximum Gasteiger partial charge on any atom is 0.103 e. The third-order valence-electron chi connectivity index (χ3n) is 2.40. The van der Waals surface area contributed by atoms with Gasteiger partial charge in [-0.05, 0) is 32.0 Å². The topological polar surface area (TPSA) is 38.9 Å². The lowest BCUT2D eigenvalue weighted by Crippen LogP contribution is -1.88. The fraction of sp³-hybridized carbons (Fsp3) is 0.250. The van der Waals surface area contributed by atoms with Crippen LogP contribution in [0.5, 0.6) is 0 Å². The summed E-state index contributed by atoms with van der Waals surface area (Å²) in [6.07, 6.45) is 0. The van der Waals surface area contributed by atoms with Crippen molar-refractivity contribution >= 4 is 44.7 Å². The number of aromatic nitrogens is 1. The Kier molecular flexibility index (Phi) is 4.12. The molecule has 2 N–H and O–H groups in total. The number of hydrogen-bond acceptors (Lipinski definition) is 4. The van der Waals surface area contributed by atoms with Gasteiger partial charge in [0.1, 0.15) is 5.01 Å². The number of halogens is 1. The molecule has 1 aromatic carbocycles. The molecule has 5 heteroatoms. The molecule has 2 rings (SSSR count). The van der Waals surface area contributed by atoms with Gasteiger partial charge in [-0.2, -0.15) is 0 Å². The van der Waals surface area contributed by atoms with Gasteiger partial charge in [-0.3, -0.25) is 0 Å². The highest BCUT2D eigenvalue weighted by molar-refractivity contribution is 9.10. The summed E-state index contributed by atoms with van der Waals surface area (Å²) in [6, 6.07) is 5.98. The number of rotatable bonds is 3. The fourth-order valence-electron chi connectivity index (χ4n) is 1.39. The average molecular weight is 329 g/mol. The molecule has 0 aliphatic rings. The van der Waals surface area contributed by atoms with E-state index in [4.69, 9.17) is 5.73 Å². The Morgan fingerprint density at radius 1 is 1.41 bits per heavy atom. The van der Waals surface area contributed by atoms with Crippen LogP contribution in [0, 0.1) is 13.8 Å². The third-order valence-corrected chi connectivity index (χ3v) is 5.25. The van der Waals surface area contributed by atoms with Crippen LogP contribution in [-0.4, -0.2) is 4.98 Å². The van der Waals surface area contributed by atoms with E-state index in [-0.39, 0.29) is 0 Å². The fourth-order valence-corrected chi connectivity index (χ4v) is 3.65. The van der Waals surface area contributed by atoms with E-state index < -0.39 is 0 Å². The Morgan fingerprint density at radius 3 is 2.76 bits per heavy atom. The number of aryl methyl sites for hydroxylation is 2. The van der Waals surface area contributed by atoms with Crippen molar-refractivity contribution in [1.29, 1.82) is 0 Å². The number of nitrogens with zero attached hydrogens (tertiary/aromatic N) is 1. The van der Waals surface area contributed by atoms with E-state index in [2.05, 4.69) is 27.8 Å². The van der Waals surface area contributed by atoms with Crippen LogP contribution in [0.15, 0.2) is 27.6 Å². The molecule has 0 aliphatic heterocycles. The zero-order valence-corrected chi connectivity index (χ0v) is 12.9. The van der Waals surface area contributed by atoms with Crippen LogP contribution in [0.3, 0.4) is 0 Å². The van der Waals surface area contributed by atoms with E-state index in [1.165, 1.54) is 4.88 Å². The van der Waals surface area contributed by atoms with Crippen LogP contribution >= 0.6 is 39.0 Å². The number of hydrogen-bond donors (Lipinski definition) is 1. The SMILES string of the molecule is Cc1nc(CSc2ccc(Br)cc2N)sc1C. The largest absolute Gasteiger partial charge is 0.398 e. The zero-order chi connectivity index (χ0) is 12.4. The van der Waals surface area contributed by atoms with Gasteiger partial charge in [0, 0.05) is 19.9 Å². The van der Waals surface area contributed by atoms with Gasteiger partial charge in [-0.1, -0.05) is 15.9 Å². The summed E-state index contributed by atoms with van der Waals surface area (Å²) in [4.78, 5) is 6.93. The molecule has 0 unspecified atom stereocenters. The molecule has 1 heterocycles. The van der Waals surface area contributed by atoms with Crippen molar-refractivity contribution in [3.63, 3.8) is 0 Å². The standard InChI is InChI=1S/C12H13BrN2S2/c1-7-8(2)17-12(15-7)6-16-11-4-3-9(13)5-10(11)14/h3-5H,6,14H2,1-2H3. The van der Waals surface area contributed by atoms with Crippen molar-refractivity contribution in [2.75, 3.05) is 5.73 Å². The van der Waals surface area contributed by atoms with Crippen molar-refractivity contribution in [3.05, 3.63) is 38.3 Å². The lowest BCUT2D eigenvalue weighted by atomic mass is 10.3. The highest BCUT2D eigenvalue weighted by atomic mass is 79.9. The highest BCUT2D eigenvalue weighted by Crippen LogP contribution is 2.31. The lowest BCUT2D eigenvalue weighted by molar-refractivity contribution is 1.16. The second kappa shape index (κ2) is 5.42. The Balaban J connectivity index is 2.07. The lowest BCUT2D eigenvalue weighted by Gasteiger charge is -2.04. The minimum Gasteiger partial charge on any atom is -0.398 e. The molecule has 0 atom stereocenters. The molecule has 2 nitrogen and oxygen atoms in total. The Labute approximate surface area is 118 Å². The van der Waals surface area contributed by atoms with Gasteiger partial charge in [-0.25, -0.2) is 4.98 Å². The van der Waals surface area contributed by atoms with Gasteiger partial charge in [0.15, 0.2) is 0 Å². The summed E-state index contributed by atoms with van der Waals surface area (Å²) >= 11 is 6.90. The minimum absolute atomic E-state index is 0.814. The number of anilines is 1. The van der Waals surface area contributed by atoms with Gasteiger partial charge in [0.25, 0.3) is 0 Å². The van der Waals surface area contributed by atoms with Crippen LogP contribution in [0.4, 0.5) is 5.69 Å². The van der Waals surface area contributed by atoms with E-state index in [1.807, 2.05) is 25.1 Å². The van der Waals surface area contributed by atoms with Gasteiger partial charge in [0.2, 0.25) is 0 Å². The van der Waals surface area contributed by atoms with Gasteiger partial charge >= 0.3 is 0 Å². The van der Waals surface area contributed by atoms with Crippen molar-refractivity contribution in [3.8, 4) is 0 Å². The van der Waals surface area contributed by atoms with Crippen LogP contribution in [0.1, 0.15) is 15.6 Å². The highest BCUT2D eigenvalue weighted by Gasteiger charge is 2.06. The number of nitrogen functional groups attached to an aromatic ring is 1. The Hall–Kier alpha value is -0.520. The van der Waals surface area contributed by atoms with Gasteiger partial charge in [-0.15, -0.1) is 23.1 Å². The van der Waals surface area contributed by atoms with Crippen LogP contribution in [0.2, 0.25) is 0 Å². The summed E-state index contributed by atoms with van der Waals surface area (Å²) in [5.74, 6) is 0.880. The predicted octanol–water partition coefficient (Wildman–Crippen LogP) is 4.40. The van der Waals surface area contributed by atoms with Crippen molar-refractivity contribution in [2.24, 2.45) is 0 Å². The monoisotopic (exact) mass is 328 g/mol. The zero-order valence-electron chi connectivity index (χ0n) is 9.66. The molecule has 0 amide bonds. The Morgan fingerprint density at radius 2 is 2.18 bits per heavy atom. The number of benzene rings is 1. The molecule has 1 aromatic heterocycles. The van der Waals surface area contributed by atoms with E-state index in [9.17, 15) is 0 Å². The summed E-state index contributed by atoms with van der Waals surface area (Å²) in [7, 11) is 0. The molecule has 0 bridgehead atoms. The summed E-state index contributed by atoms with van der Waals surface area (Å²) in [6.45, 7) is 4.16. The first-order chi connectivity index (χ1) is 8.06. The summed E-state index contributed by atoms with van der Waals surface area (Å²) in [5, 5.41) is 1.16. The molecule has 2 aromatic rings. The molecule has 0 fully saturated rings. The predicted molar refractivity (Wildman–Crippen MR) is 79.7 cm³/mol. The van der Waals surface area contributed by atoms with E-state index in [0.29, 0.717) is 0 Å². The average Bonchev–Trinajstić information content (AvgIpc) is 2.57. The van der Waals surface area contributed by atoms with Crippen molar-refractivity contribution in [2.45, 2.75) is 24.5 Å². The van der Waals surface area contributed by atoms with E-state index in [1.54, 1.807) is 23.1 Å². The van der Waals surface area contributed by atoms with Crippen LogP contribution in [-0.2, 0) is 5.75 Å². The van der Waals surface area contributed by atoms with Crippen LogP contribution in [0.25, 0.3) is 0 Å². The molecule has 0 saturated heterocycles. The molecule has 0 radical (unpaired) electrons. The molecule has 0 aliphatic carbocycles. The van der Waals surface area contributed by atoms with Gasteiger partial charge < -0.3 is 5.73 Å². The summed E-state index contributed by atoms with van der Waals surface area (Å²) < 4.78 is 1.01. The number of thioether (sulfide) groups is 1. The third kappa shape index (κ3) is 3.24. The second-order valence-corrected chi connectivity index (χ2v) is 6.94. The first-order valence-electron chi connectivity index (χ1n) is 5.17. The van der Waals surface area contributed by atoms with Crippen molar-refractivity contribution < 1.29 is 0 Å². The molecule has 0 saturated carbocycles. The van der Waals surface area contributed by atoms with Gasteiger partial charge in [0.05, 0.1) is 11.4 Å². The molecular weight excluding hydrogens is 316 g/mol. The maximum absolute atomic E-state index is 5.95. The first-order valence-corrected chi connectivity index (χ1v) is 7.76. The second-order valence-electron chi connectivity index (χ2n) is 3.72. The maximum atomic E-state index is 5.95. The quantitative estimate of drug-likeness (QED) is 0.670. The summed E-state index contributed by atoms with van der Waals surface area (Å²) in [5.41, 5.74) is 7.90.